The fourth-order valence-electron chi connectivity index (χ4n) is 2.66. The number of benzene rings is 1. The maximum Gasteiger partial charge on any atom is 0.189 e. The van der Waals surface area contributed by atoms with Gasteiger partial charge in [0.15, 0.2) is 6.79 Å². The standard InChI is InChI=1S/C13H17NO3/c1-15-11-4-3-10-9(7-16-8-17-10)12(11)13(14)5-2-6-13/h3-4H,2,5-8,14H2,1H3. The van der Waals surface area contributed by atoms with Crippen LogP contribution in [0.4, 0.5) is 0 Å². The zero-order chi connectivity index (χ0) is 11.9. The largest absolute Gasteiger partial charge is 0.496 e. The van der Waals surface area contributed by atoms with Crippen LogP contribution in [0, 0.1) is 0 Å². The van der Waals surface area contributed by atoms with Crippen LogP contribution in [0.5, 0.6) is 11.5 Å². The predicted octanol–water partition coefficient (Wildman–Crippen LogP) is 1.90. The number of hydrogen-bond acceptors (Lipinski definition) is 4. The first-order valence-electron chi connectivity index (χ1n) is 5.94. The summed E-state index contributed by atoms with van der Waals surface area (Å²) in [5.74, 6) is 1.73. The van der Waals surface area contributed by atoms with Crippen molar-refractivity contribution in [3.05, 3.63) is 23.3 Å². The summed E-state index contributed by atoms with van der Waals surface area (Å²) in [6.07, 6.45) is 3.17. The number of ether oxygens (including phenoxy) is 3. The first kappa shape index (κ1) is 10.9. The van der Waals surface area contributed by atoms with Crippen molar-refractivity contribution in [1.29, 1.82) is 0 Å². The molecule has 1 aromatic rings. The van der Waals surface area contributed by atoms with E-state index in [4.69, 9.17) is 19.9 Å². The van der Waals surface area contributed by atoms with Gasteiger partial charge < -0.3 is 19.9 Å². The van der Waals surface area contributed by atoms with Crippen LogP contribution in [0.15, 0.2) is 12.1 Å². The van der Waals surface area contributed by atoms with E-state index in [0.717, 1.165) is 35.5 Å². The normalized spacial score (nSPS) is 21.1. The Kier molecular flexibility index (Phi) is 2.49. The van der Waals surface area contributed by atoms with Gasteiger partial charge in [-0.2, -0.15) is 0 Å². The Morgan fingerprint density at radius 2 is 2.18 bits per heavy atom. The number of fused-ring (bicyclic) bond motifs is 1. The van der Waals surface area contributed by atoms with Gasteiger partial charge in [-0.15, -0.1) is 0 Å². The third-order valence-electron chi connectivity index (χ3n) is 3.74. The molecule has 0 bridgehead atoms. The van der Waals surface area contributed by atoms with Crippen LogP contribution in [0.1, 0.15) is 30.4 Å². The maximum absolute atomic E-state index is 6.43. The second-order valence-electron chi connectivity index (χ2n) is 4.74. The van der Waals surface area contributed by atoms with Gasteiger partial charge in [-0.1, -0.05) is 0 Å². The molecule has 0 radical (unpaired) electrons. The lowest BCUT2D eigenvalue weighted by atomic mass is 9.70. The molecule has 17 heavy (non-hydrogen) atoms. The van der Waals surface area contributed by atoms with E-state index in [1.807, 2.05) is 12.1 Å². The van der Waals surface area contributed by atoms with E-state index in [1.54, 1.807) is 7.11 Å². The van der Waals surface area contributed by atoms with Gasteiger partial charge in [-0.05, 0) is 31.4 Å². The van der Waals surface area contributed by atoms with Gasteiger partial charge >= 0.3 is 0 Å². The molecule has 0 atom stereocenters. The van der Waals surface area contributed by atoms with E-state index < -0.39 is 0 Å². The van der Waals surface area contributed by atoms with Gasteiger partial charge in [0, 0.05) is 16.7 Å². The molecule has 4 nitrogen and oxygen atoms in total. The molecule has 1 aliphatic carbocycles. The molecule has 0 amide bonds. The summed E-state index contributed by atoms with van der Waals surface area (Å²) >= 11 is 0. The minimum Gasteiger partial charge on any atom is -0.496 e. The summed E-state index contributed by atoms with van der Waals surface area (Å²) in [6.45, 7) is 0.872. The number of methoxy groups -OCH3 is 1. The van der Waals surface area contributed by atoms with E-state index in [9.17, 15) is 0 Å². The second-order valence-corrected chi connectivity index (χ2v) is 4.74. The van der Waals surface area contributed by atoms with Gasteiger partial charge in [0.1, 0.15) is 11.5 Å². The fourth-order valence-corrected chi connectivity index (χ4v) is 2.66. The molecule has 2 N–H and O–H groups in total. The highest BCUT2D eigenvalue weighted by Crippen LogP contribution is 2.47. The summed E-state index contributed by atoms with van der Waals surface area (Å²) < 4.78 is 16.3. The maximum atomic E-state index is 6.43. The Hall–Kier alpha value is -1.26. The molecule has 0 saturated heterocycles. The fraction of sp³-hybridized carbons (Fsp3) is 0.538. The van der Waals surface area contributed by atoms with E-state index in [-0.39, 0.29) is 5.54 Å². The lowest BCUT2D eigenvalue weighted by Crippen LogP contribution is -2.44. The van der Waals surface area contributed by atoms with Gasteiger partial charge in [0.25, 0.3) is 0 Å². The summed E-state index contributed by atoms with van der Waals surface area (Å²) in [4.78, 5) is 0. The number of rotatable bonds is 2. The molecule has 1 aliphatic heterocycles. The van der Waals surface area contributed by atoms with Crippen LogP contribution in [0.25, 0.3) is 0 Å². The van der Waals surface area contributed by atoms with Crippen molar-refractivity contribution in [3.63, 3.8) is 0 Å². The van der Waals surface area contributed by atoms with E-state index in [2.05, 4.69) is 0 Å². The Bertz CT molecular complexity index is 441. The Morgan fingerprint density at radius 3 is 2.82 bits per heavy atom. The molecule has 3 rings (SSSR count). The van der Waals surface area contributed by atoms with Crippen LogP contribution < -0.4 is 15.2 Å². The smallest absolute Gasteiger partial charge is 0.189 e. The molecule has 1 fully saturated rings. The molecule has 4 heteroatoms. The number of hydrogen-bond donors (Lipinski definition) is 1. The summed E-state index contributed by atoms with van der Waals surface area (Å²) in [7, 11) is 1.68. The van der Waals surface area contributed by atoms with Crippen molar-refractivity contribution in [2.45, 2.75) is 31.4 Å². The third kappa shape index (κ3) is 1.59. The molecule has 0 aromatic heterocycles. The Labute approximate surface area is 101 Å². The van der Waals surface area contributed by atoms with Crippen LogP contribution in [0.2, 0.25) is 0 Å². The van der Waals surface area contributed by atoms with Crippen molar-refractivity contribution in [2.75, 3.05) is 13.9 Å². The van der Waals surface area contributed by atoms with Gasteiger partial charge in [0.2, 0.25) is 0 Å². The first-order valence-corrected chi connectivity index (χ1v) is 5.94. The Morgan fingerprint density at radius 1 is 1.35 bits per heavy atom. The molecule has 1 heterocycles. The molecule has 2 aliphatic rings. The van der Waals surface area contributed by atoms with Crippen molar-refractivity contribution >= 4 is 0 Å². The van der Waals surface area contributed by atoms with Crippen molar-refractivity contribution < 1.29 is 14.2 Å². The zero-order valence-electron chi connectivity index (χ0n) is 9.99. The van der Waals surface area contributed by atoms with Crippen molar-refractivity contribution in [1.82, 2.24) is 0 Å². The quantitative estimate of drug-likeness (QED) is 0.850. The third-order valence-corrected chi connectivity index (χ3v) is 3.74. The van der Waals surface area contributed by atoms with E-state index in [1.165, 1.54) is 6.42 Å². The number of nitrogens with two attached hydrogens (primary N) is 1. The highest BCUT2D eigenvalue weighted by molar-refractivity contribution is 5.53. The highest BCUT2D eigenvalue weighted by Gasteiger charge is 2.40. The van der Waals surface area contributed by atoms with Gasteiger partial charge in [0.05, 0.1) is 13.7 Å². The van der Waals surface area contributed by atoms with Crippen LogP contribution in [0.3, 0.4) is 0 Å². The monoisotopic (exact) mass is 235 g/mol. The molecule has 1 aromatic carbocycles. The van der Waals surface area contributed by atoms with Gasteiger partial charge in [-0.3, -0.25) is 0 Å². The lowest BCUT2D eigenvalue weighted by Gasteiger charge is -2.41. The minimum atomic E-state index is -0.263. The topological polar surface area (TPSA) is 53.7 Å². The lowest BCUT2D eigenvalue weighted by molar-refractivity contribution is -0.0181. The van der Waals surface area contributed by atoms with E-state index >= 15 is 0 Å². The molecule has 0 spiro atoms. The highest BCUT2D eigenvalue weighted by atomic mass is 16.7. The molecule has 92 valence electrons. The van der Waals surface area contributed by atoms with Crippen molar-refractivity contribution in [3.8, 4) is 11.5 Å². The predicted molar refractivity (Wildman–Crippen MR) is 63.0 cm³/mol. The summed E-state index contributed by atoms with van der Waals surface area (Å²) in [5.41, 5.74) is 8.30. The molecular weight excluding hydrogens is 218 g/mol. The average Bonchev–Trinajstić information content (AvgIpc) is 2.34. The molecule has 0 unspecified atom stereocenters. The Balaban J connectivity index is 2.15. The SMILES string of the molecule is COc1ccc2c(c1C1(N)CCC1)COCO2. The van der Waals surface area contributed by atoms with Crippen LogP contribution in [-0.4, -0.2) is 13.9 Å². The van der Waals surface area contributed by atoms with Crippen LogP contribution in [-0.2, 0) is 16.9 Å². The van der Waals surface area contributed by atoms with Gasteiger partial charge in [-0.25, -0.2) is 0 Å². The minimum absolute atomic E-state index is 0.263. The second kappa shape index (κ2) is 3.89. The summed E-state index contributed by atoms with van der Waals surface area (Å²) in [5, 5.41) is 0. The van der Waals surface area contributed by atoms with Crippen molar-refractivity contribution in [2.24, 2.45) is 5.73 Å². The summed E-state index contributed by atoms with van der Waals surface area (Å²) in [6, 6.07) is 3.87. The first-order chi connectivity index (χ1) is 8.24. The van der Waals surface area contributed by atoms with Crippen LogP contribution >= 0.6 is 0 Å². The average molecular weight is 235 g/mol. The molecular formula is C13H17NO3. The molecule has 1 saturated carbocycles. The zero-order valence-corrected chi connectivity index (χ0v) is 9.99. The van der Waals surface area contributed by atoms with E-state index in [0.29, 0.717) is 13.4 Å².